The number of ether oxygens (including phenoxy) is 1. The number of thiophene rings is 1. The van der Waals surface area contributed by atoms with Gasteiger partial charge in [-0.1, -0.05) is 0 Å². The second-order valence-electron chi connectivity index (χ2n) is 6.07. The summed E-state index contributed by atoms with van der Waals surface area (Å²) in [5.41, 5.74) is 8.51. The van der Waals surface area contributed by atoms with Crippen molar-refractivity contribution in [1.82, 2.24) is 24.8 Å². The number of nitrogen functional groups attached to an aromatic ring is 1. The van der Waals surface area contributed by atoms with E-state index in [1.165, 1.54) is 24.9 Å². The van der Waals surface area contributed by atoms with Gasteiger partial charge in [-0.3, -0.25) is 4.79 Å². The molecule has 9 heteroatoms. The zero-order chi connectivity index (χ0) is 18.1. The van der Waals surface area contributed by atoms with Crippen LogP contribution in [0.5, 0.6) is 6.01 Å². The monoisotopic (exact) mass is 370 g/mol. The molecule has 0 atom stereocenters. The van der Waals surface area contributed by atoms with Gasteiger partial charge >= 0.3 is 6.01 Å². The van der Waals surface area contributed by atoms with Gasteiger partial charge in [0, 0.05) is 31.0 Å². The predicted molar refractivity (Wildman–Crippen MR) is 99.2 cm³/mol. The third kappa shape index (κ3) is 2.94. The number of rotatable bonds is 3. The summed E-state index contributed by atoms with van der Waals surface area (Å²) in [7, 11) is 1.51. The number of hydrogen-bond donors (Lipinski definition) is 1. The summed E-state index contributed by atoms with van der Waals surface area (Å²) >= 11 is 1.29. The third-order valence-electron chi connectivity index (χ3n) is 4.38. The van der Waals surface area contributed by atoms with Gasteiger partial charge in [0.05, 0.1) is 24.7 Å². The van der Waals surface area contributed by atoms with Gasteiger partial charge in [-0.05, 0) is 19.3 Å². The van der Waals surface area contributed by atoms with E-state index in [4.69, 9.17) is 10.5 Å². The predicted octanol–water partition coefficient (Wildman–Crippen LogP) is 2.37. The van der Waals surface area contributed by atoms with Crippen LogP contribution in [0.3, 0.4) is 0 Å². The maximum absolute atomic E-state index is 12.8. The van der Waals surface area contributed by atoms with Crippen molar-refractivity contribution < 1.29 is 9.53 Å². The minimum atomic E-state index is -0.0265. The van der Waals surface area contributed by atoms with Gasteiger partial charge in [0.1, 0.15) is 15.2 Å². The van der Waals surface area contributed by atoms with Crippen LogP contribution in [0.1, 0.15) is 28.9 Å². The van der Waals surface area contributed by atoms with Crippen LogP contribution in [0.2, 0.25) is 0 Å². The maximum atomic E-state index is 12.8. The topological polar surface area (TPSA) is 107 Å². The summed E-state index contributed by atoms with van der Waals surface area (Å²) in [5.74, 6) is -0.0265. The van der Waals surface area contributed by atoms with Crippen LogP contribution in [0.25, 0.3) is 21.6 Å². The maximum Gasteiger partial charge on any atom is 0.316 e. The number of hydrogen-bond acceptors (Lipinski definition) is 8. The molecule has 134 valence electrons. The van der Waals surface area contributed by atoms with Crippen molar-refractivity contribution in [2.24, 2.45) is 0 Å². The van der Waals surface area contributed by atoms with Crippen LogP contribution in [0, 0.1) is 0 Å². The van der Waals surface area contributed by atoms with Gasteiger partial charge < -0.3 is 15.4 Å². The molecule has 0 saturated carbocycles. The lowest BCUT2D eigenvalue weighted by Gasteiger charge is -2.26. The van der Waals surface area contributed by atoms with Crippen molar-refractivity contribution >= 4 is 33.3 Å². The average Bonchev–Trinajstić information content (AvgIpc) is 3.04. The fraction of sp³-hybridized carbons (Fsp3) is 0.353. The van der Waals surface area contributed by atoms with E-state index in [0.717, 1.165) is 31.5 Å². The van der Waals surface area contributed by atoms with Gasteiger partial charge in [-0.15, -0.1) is 11.3 Å². The van der Waals surface area contributed by atoms with Crippen molar-refractivity contribution in [3.05, 3.63) is 23.5 Å². The molecule has 1 saturated heterocycles. The number of likely N-dealkylation sites (tertiary alicyclic amines) is 1. The second-order valence-corrected chi connectivity index (χ2v) is 7.06. The van der Waals surface area contributed by atoms with Crippen LogP contribution in [0.4, 0.5) is 5.69 Å². The summed E-state index contributed by atoms with van der Waals surface area (Å²) in [4.78, 5) is 33.0. The number of carbonyl (C=O) groups excluding carboxylic acids is 1. The largest absolute Gasteiger partial charge is 0.467 e. The van der Waals surface area contributed by atoms with Crippen molar-refractivity contribution in [2.75, 3.05) is 25.9 Å². The van der Waals surface area contributed by atoms with Crippen LogP contribution in [-0.2, 0) is 0 Å². The molecule has 0 aliphatic carbocycles. The number of fused-ring (bicyclic) bond motifs is 1. The van der Waals surface area contributed by atoms with E-state index in [1.54, 1.807) is 18.6 Å². The minimum absolute atomic E-state index is 0.0265. The Labute approximate surface area is 154 Å². The zero-order valence-corrected chi connectivity index (χ0v) is 15.1. The number of methoxy groups -OCH3 is 1. The smallest absolute Gasteiger partial charge is 0.316 e. The fourth-order valence-corrected chi connectivity index (χ4v) is 4.00. The van der Waals surface area contributed by atoms with Gasteiger partial charge in [-0.25, -0.2) is 19.9 Å². The minimum Gasteiger partial charge on any atom is -0.467 e. The fourth-order valence-electron chi connectivity index (χ4n) is 2.98. The Bertz CT molecular complexity index is 950. The van der Waals surface area contributed by atoms with E-state index in [9.17, 15) is 4.79 Å². The molecule has 4 rings (SSSR count). The number of piperidine rings is 1. The Morgan fingerprint density at radius 2 is 1.88 bits per heavy atom. The Kier molecular flexibility index (Phi) is 4.37. The van der Waals surface area contributed by atoms with E-state index in [2.05, 4.69) is 19.9 Å². The summed E-state index contributed by atoms with van der Waals surface area (Å²) in [6, 6.07) is 0.289. The van der Waals surface area contributed by atoms with Crippen molar-refractivity contribution in [3.8, 4) is 17.3 Å². The molecule has 0 bridgehead atoms. The molecule has 0 unspecified atom stereocenters. The highest BCUT2D eigenvalue weighted by Gasteiger charge is 2.24. The van der Waals surface area contributed by atoms with Crippen molar-refractivity contribution in [2.45, 2.75) is 19.3 Å². The standard InChI is InChI=1S/C17H18N6O2S/c1-25-17-20-7-10(8-21-17)11-9-19-13-12(18)14(26-15(13)22-11)16(24)23-5-3-2-4-6-23/h7-9H,2-6,18H2,1H3. The molecule has 0 radical (unpaired) electrons. The Balaban J connectivity index is 1.69. The summed E-state index contributed by atoms with van der Waals surface area (Å²) in [6.07, 6.45) is 8.11. The first kappa shape index (κ1) is 16.6. The van der Waals surface area contributed by atoms with Crippen molar-refractivity contribution in [1.29, 1.82) is 0 Å². The van der Waals surface area contributed by atoms with Crippen LogP contribution < -0.4 is 10.5 Å². The number of aromatic nitrogens is 4. The second kappa shape index (κ2) is 6.83. The van der Waals surface area contributed by atoms with Gasteiger partial charge in [0.15, 0.2) is 0 Å². The first-order valence-electron chi connectivity index (χ1n) is 8.38. The summed E-state index contributed by atoms with van der Waals surface area (Å²) < 4.78 is 4.96. The molecule has 1 amide bonds. The number of anilines is 1. The van der Waals surface area contributed by atoms with E-state index in [-0.39, 0.29) is 11.9 Å². The number of amides is 1. The molecular weight excluding hydrogens is 352 g/mol. The first-order chi connectivity index (χ1) is 12.7. The molecule has 1 aliphatic rings. The molecule has 3 aromatic heterocycles. The molecule has 26 heavy (non-hydrogen) atoms. The van der Waals surface area contributed by atoms with Crippen LogP contribution in [0.15, 0.2) is 18.6 Å². The highest BCUT2D eigenvalue weighted by Crippen LogP contribution is 2.33. The highest BCUT2D eigenvalue weighted by atomic mass is 32.1. The molecule has 1 aliphatic heterocycles. The Morgan fingerprint density at radius 1 is 1.15 bits per heavy atom. The highest BCUT2D eigenvalue weighted by molar-refractivity contribution is 7.21. The average molecular weight is 370 g/mol. The molecular formula is C17H18N6O2S. The molecule has 8 nitrogen and oxygen atoms in total. The third-order valence-corrected chi connectivity index (χ3v) is 5.46. The van der Waals surface area contributed by atoms with E-state index in [0.29, 0.717) is 26.6 Å². The molecule has 2 N–H and O–H groups in total. The Morgan fingerprint density at radius 3 is 2.58 bits per heavy atom. The van der Waals surface area contributed by atoms with Crippen LogP contribution >= 0.6 is 11.3 Å². The molecule has 0 spiro atoms. The van der Waals surface area contributed by atoms with E-state index >= 15 is 0 Å². The van der Waals surface area contributed by atoms with Gasteiger partial charge in [0.25, 0.3) is 5.91 Å². The lowest BCUT2D eigenvalue weighted by Crippen LogP contribution is -2.35. The van der Waals surface area contributed by atoms with Gasteiger partial charge in [-0.2, -0.15) is 0 Å². The lowest BCUT2D eigenvalue weighted by molar-refractivity contribution is 0.0730. The SMILES string of the molecule is COc1ncc(-c2cnc3c(N)c(C(=O)N4CCCCC4)sc3n2)cn1. The van der Waals surface area contributed by atoms with Gasteiger partial charge in [0.2, 0.25) is 0 Å². The van der Waals surface area contributed by atoms with Crippen molar-refractivity contribution in [3.63, 3.8) is 0 Å². The van der Waals surface area contributed by atoms with Crippen LogP contribution in [-0.4, -0.2) is 50.9 Å². The lowest BCUT2D eigenvalue weighted by atomic mass is 10.1. The quantitative estimate of drug-likeness (QED) is 0.754. The first-order valence-corrected chi connectivity index (χ1v) is 9.19. The number of nitrogens with two attached hydrogens (primary N) is 1. The number of nitrogens with zero attached hydrogens (tertiary/aromatic N) is 5. The number of carbonyl (C=O) groups is 1. The molecule has 1 fully saturated rings. The Hall–Kier alpha value is -2.81. The summed E-state index contributed by atoms with van der Waals surface area (Å²) in [6.45, 7) is 1.56. The zero-order valence-electron chi connectivity index (χ0n) is 14.3. The normalized spacial score (nSPS) is 14.6. The van der Waals surface area contributed by atoms with E-state index in [1.807, 2.05) is 4.90 Å². The molecule has 3 aromatic rings. The van der Waals surface area contributed by atoms with E-state index < -0.39 is 0 Å². The summed E-state index contributed by atoms with van der Waals surface area (Å²) in [5, 5.41) is 0. The molecule has 0 aromatic carbocycles. The molecule has 4 heterocycles.